The van der Waals surface area contributed by atoms with Crippen molar-refractivity contribution in [3.05, 3.63) is 52.5 Å². The van der Waals surface area contributed by atoms with Crippen LogP contribution in [0.15, 0.2) is 40.8 Å². The Morgan fingerprint density at radius 1 is 1.33 bits per heavy atom. The first-order chi connectivity index (χ1) is 15.9. The van der Waals surface area contributed by atoms with E-state index in [-0.39, 0.29) is 23.5 Å². The van der Waals surface area contributed by atoms with Crippen molar-refractivity contribution in [2.45, 2.75) is 44.2 Å². The fourth-order valence-corrected chi connectivity index (χ4v) is 5.03. The van der Waals surface area contributed by atoms with Gasteiger partial charge in [-0.25, -0.2) is 0 Å². The van der Waals surface area contributed by atoms with Gasteiger partial charge in [0.25, 0.3) is 11.9 Å². The minimum absolute atomic E-state index is 0.0429. The molecule has 3 aromatic rings. The lowest BCUT2D eigenvalue weighted by molar-refractivity contribution is 0.0297. The van der Waals surface area contributed by atoms with Crippen LogP contribution in [0.2, 0.25) is 5.02 Å². The predicted octanol–water partition coefficient (Wildman–Crippen LogP) is 4.82. The Balaban J connectivity index is 1.45. The van der Waals surface area contributed by atoms with Gasteiger partial charge in [0.1, 0.15) is 5.52 Å². The lowest BCUT2D eigenvalue weighted by Gasteiger charge is -2.42. The summed E-state index contributed by atoms with van der Waals surface area (Å²) in [7, 11) is 1.55. The highest BCUT2D eigenvalue weighted by Gasteiger charge is 2.40. The fraction of sp³-hybridized carbons (Fsp3) is 0.440. The first kappa shape index (κ1) is 22.0. The number of ether oxygens (including phenoxy) is 1. The Morgan fingerprint density at radius 2 is 2.15 bits per heavy atom. The zero-order valence-corrected chi connectivity index (χ0v) is 19.6. The minimum atomic E-state index is -0.367. The van der Waals surface area contributed by atoms with Crippen molar-refractivity contribution in [3.63, 3.8) is 0 Å². The maximum Gasteiger partial charge on any atom is 0.296 e. The number of aliphatic hydroxyl groups excluding tert-OH is 1. The molecule has 33 heavy (non-hydrogen) atoms. The van der Waals surface area contributed by atoms with Gasteiger partial charge in [-0.05, 0) is 61.4 Å². The summed E-state index contributed by atoms with van der Waals surface area (Å²) in [5.74, 6) is 0.411. The van der Waals surface area contributed by atoms with Gasteiger partial charge in [-0.1, -0.05) is 30.7 Å². The highest BCUT2D eigenvalue weighted by atomic mass is 35.5. The van der Waals surface area contributed by atoms with Gasteiger partial charge >= 0.3 is 0 Å². The van der Waals surface area contributed by atoms with Gasteiger partial charge in [0.15, 0.2) is 11.3 Å². The number of piperidine rings is 1. The molecule has 2 fully saturated rings. The Bertz CT molecular complexity index is 1190. The lowest BCUT2D eigenvalue weighted by atomic mass is 9.72. The molecule has 0 radical (unpaired) electrons. The maximum absolute atomic E-state index is 13.2. The third-order valence-electron chi connectivity index (χ3n) is 7.00. The van der Waals surface area contributed by atoms with Crippen molar-refractivity contribution in [2.75, 3.05) is 25.5 Å². The molecule has 1 aliphatic carbocycles. The summed E-state index contributed by atoms with van der Waals surface area (Å²) in [4.78, 5) is 19.6. The van der Waals surface area contributed by atoms with E-state index in [1.807, 2.05) is 25.1 Å². The van der Waals surface area contributed by atoms with E-state index in [4.69, 9.17) is 20.8 Å². The largest absolute Gasteiger partial charge is 0.493 e. The number of fused-ring (bicyclic) bond motifs is 1. The molecule has 2 unspecified atom stereocenters. The quantitative estimate of drug-likeness (QED) is 0.556. The van der Waals surface area contributed by atoms with Gasteiger partial charge in [0, 0.05) is 23.7 Å². The Kier molecular flexibility index (Phi) is 5.70. The molecule has 1 saturated carbocycles. The van der Waals surface area contributed by atoms with Crippen molar-refractivity contribution in [2.24, 2.45) is 5.92 Å². The molecule has 1 saturated heterocycles. The highest BCUT2D eigenvalue weighted by molar-refractivity contribution is 6.30. The standard InChI is InChI=1S/C25H28ClN3O4/c1-15-14-29(10-7-20(15)30)23(31)16-11-19-22(21(12-16)32-2)33-24(27-19)28-25(8-4-9-25)17-5-3-6-18(26)13-17/h3,5-6,11-13,15,20,30H,4,7-10,14H2,1-2H3,(H,27,28). The molecule has 0 spiro atoms. The smallest absolute Gasteiger partial charge is 0.296 e. The van der Waals surface area contributed by atoms with E-state index in [9.17, 15) is 9.90 Å². The number of benzene rings is 2. The summed E-state index contributed by atoms with van der Waals surface area (Å²) in [5, 5.41) is 14.2. The number of amides is 1. The molecule has 174 valence electrons. The van der Waals surface area contributed by atoms with Crippen LogP contribution < -0.4 is 10.1 Å². The van der Waals surface area contributed by atoms with Crippen LogP contribution in [-0.2, 0) is 5.54 Å². The van der Waals surface area contributed by atoms with Gasteiger partial charge < -0.3 is 24.5 Å². The number of carbonyl (C=O) groups excluding carboxylic acids is 1. The number of nitrogens with zero attached hydrogens (tertiary/aromatic N) is 2. The third-order valence-corrected chi connectivity index (χ3v) is 7.24. The molecule has 8 heteroatoms. The molecule has 7 nitrogen and oxygen atoms in total. The molecule has 1 aromatic heterocycles. The molecule has 5 rings (SSSR count). The average Bonchev–Trinajstić information content (AvgIpc) is 3.19. The highest BCUT2D eigenvalue weighted by Crippen LogP contribution is 2.45. The molecule has 2 heterocycles. The minimum Gasteiger partial charge on any atom is -0.493 e. The second kappa shape index (κ2) is 8.54. The van der Waals surface area contributed by atoms with E-state index in [2.05, 4.69) is 16.4 Å². The fourth-order valence-electron chi connectivity index (χ4n) is 4.84. The molecule has 2 aromatic carbocycles. The van der Waals surface area contributed by atoms with Crippen molar-refractivity contribution < 1.29 is 19.1 Å². The second-order valence-electron chi connectivity index (χ2n) is 9.20. The summed E-state index contributed by atoms with van der Waals surface area (Å²) >= 11 is 6.23. The van der Waals surface area contributed by atoms with Crippen LogP contribution in [0.25, 0.3) is 11.1 Å². The van der Waals surface area contributed by atoms with E-state index in [1.54, 1.807) is 24.1 Å². The van der Waals surface area contributed by atoms with Gasteiger partial charge in [0.2, 0.25) is 0 Å². The average molecular weight is 470 g/mol. The number of anilines is 1. The van der Waals surface area contributed by atoms with Crippen LogP contribution in [0.4, 0.5) is 6.01 Å². The van der Waals surface area contributed by atoms with Crippen LogP contribution in [0.3, 0.4) is 0 Å². The van der Waals surface area contributed by atoms with Crippen LogP contribution in [0.1, 0.15) is 48.5 Å². The van der Waals surface area contributed by atoms with Crippen molar-refractivity contribution in [1.29, 1.82) is 0 Å². The van der Waals surface area contributed by atoms with E-state index >= 15 is 0 Å². The molecule has 0 bridgehead atoms. The lowest BCUT2D eigenvalue weighted by Crippen LogP contribution is -2.44. The van der Waals surface area contributed by atoms with Crippen LogP contribution >= 0.6 is 11.6 Å². The normalized spacial score (nSPS) is 22.1. The monoisotopic (exact) mass is 469 g/mol. The molecule has 2 atom stereocenters. The number of aliphatic hydroxyl groups is 1. The molecule has 2 aliphatic rings. The Morgan fingerprint density at radius 3 is 2.82 bits per heavy atom. The van der Waals surface area contributed by atoms with E-state index in [1.165, 1.54) is 0 Å². The third kappa shape index (κ3) is 4.04. The molecule has 2 N–H and O–H groups in total. The number of methoxy groups -OCH3 is 1. The van der Waals surface area contributed by atoms with Crippen LogP contribution in [0, 0.1) is 5.92 Å². The zero-order valence-electron chi connectivity index (χ0n) is 18.8. The van der Waals surface area contributed by atoms with Crippen molar-refractivity contribution in [1.82, 2.24) is 9.88 Å². The maximum atomic E-state index is 13.2. The summed E-state index contributed by atoms with van der Waals surface area (Å²) < 4.78 is 11.6. The number of aromatic nitrogens is 1. The number of nitrogens with one attached hydrogen (secondary N) is 1. The zero-order chi connectivity index (χ0) is 23.2. The SMILES string of the molecule is COc1cc(C(=O)N2CCC(O)C(C)C2)cc2nc(NC3(c4cccc(Cl)c4)CCC3)oc12. The van der Waals surface area contributed by atoms with Crippen molar-refractivity contribution in [3.8, 4) is 5.75 Å². The Labute approximate surface area is 197 Å². The number of hydrogen-bond donors (Lipinski definition) is 2. The number of rotatable bonds is 5. The number of carbonyl (C=O) groups is 1. The van der Waals surface area contributed by atoms with Crippen molar-refractivity contribution >= 4 is 34.6 Å². The van der Waals surface area contributed by atoms with Gasteiger partial charge in [-0.2, -0.15) is 4.98 Å². The van der Waals surface area contributed by atoms with E-state index in [0.717, 1.165) is 24.8 Å². The van der Waals surface area contributed by atoms with Gasteiger partial charge in [-0.15, -0.1) is 0 Å². The number of hydrogen-bond acceptors (Lipinski definition) is 6. The predicted molar refractivity (Wildman–Crippen MR) is 127 cm³/mol. The first-order valence-electron chi connectivity index (χ1n) is 11.4. The number of halogens is 1. The number of likely N-dealkylation sites (tertiary alicyclic amines) is 1. The summed E-state index contributed by atoms with van der Waals surface area (Å²) in [6, 6.07) is 11.7. The van der Waals surface area contributed by atoms with Crippen LogP contribution in [0.5, 0.6) is 5.75 Å². The second-order valence-corrected chi connectivity index (χ2v) is 9.64. The van der Waals surface area contributed by atoms with Gasteiger partial charge in [-0.3, -0.25) is 4.79 Å². The summed E-state index contributed by atoms with van der Waals surface area (Å²) in [6.45, 7) is 3.01. The van der Waals surface area contributed by atoms with Gasteiger partial charge in [0.05, 0.1) is 18.8 Å². The topological polar surface area (TPSA) is 87.8 Å². The molecule has 1 aliphatic heterocycles. The first-order valence-corrected chi connectivity index (χ1v) is 11.8. The van der Waals surface area contributed by atoms with E-state index in [0.29, 0.717) is 53.0 Å². The van der Waals surface area contributed by atoms with Crippen LogP contribution in [-0.4, -0.2) is 47.2 Å². The number of oxazole rings is 1. The Hall–Kier alpha value is -2.77. The molecular formula is C25H28ClN3O4. The molecular weight excluding hydrogens is 442 g/mol. The summed E-state index contributed by atoms with van der Waals surface area (Å²) in [6.07, 6.45) is 3.21. The molecule has 1 amide bonds. The van der Waals surface area contributed by atoms with E-state index < -0.39 is 0 Å². The summed E-state index contributed by atoms with van der Waals surface area (Å²) in [5.41, 5.74) is 2.39.